The molecule has 0 unspecified atom stereocenters. The van der Waals surface area contributed by atoms with Crippen LogP contribution in [0.5, 0.6) is 0 Å². The Hall–Kier alpha value is -5.58. The molecule has 0 fully saturated rings. The van der Waals surface area contributed by atoms with Gasteiger partial charge in [-0.3, -0.25) is 0 Å². The molecule has 0 N–H and O–H groups in total. The fourth-order valence-electron chi connectivity index (χ4n) is 12.2. The molecule has 312 valence electrons. The highest BCUT2D eigenvalue weighted by Gasteiger charge is 2.47. The normalized spacial score (nSPS) is 18.4. The average molecular weight is 837 g/mol. The number of nitrogens with zero attached hydrogens (tertiary/aromatic N) is 2. The lowest BCUT2D eigenvalue weighted by Crippen LogP contribution is -2.61. The summed E-state index contributed by atoms with van der Waals surface area (Å²) in [4.78, 5) is 5.39. The Morgan fingerprint density at radius 2 is 1.10 bits per heavy atom. The highest BCUT2D eigenvalue weighted by Crippen LogP contribution is 2.55. The van der Waals surface area contributed by atoms with E-state index in [1.165, 1.54) is 135 Å². The zero-order chi connectivity index (χ0) is 43.4. The molecular weight excluding hydrogens is 780 g/mol. The molecule has 0 atom stereocenters. The fraction of sp³-hybridized carbons (Fsp3) is 0.288. The summed E-state index contributed by atoms with van der Waals surface area (Å²) >= 11 is 1.92. The molecule has 1 aromatic heterocycles. The van der Waals surface area contributed by atoms with Crippen LogP contribution in [-0.4, -0.2) is 6.85 Å². The molecule has 0 spiro atoms. The first kappa shape index (κ1) is 39.0. The quantitative estimate of drug-likeness (QED) is 0.164. The molecule has 0 radical (unpaired) electrons. The minimum Gasteiger partial charge on any atom is -0.376 e. The number of benzene rings is 7. The van der Waals surface area contributed by atoms with E-state index < -0.39 is 0 Å². The van der Waals surface area contributed by atoms with E-state index in [0.29, 0.717) is 0 Å². The van der Waals surface area contributed by atoms with Crippen molar-refractivity contribution >= 4 is 77.7 Å². The van der Waals surface area contributed by atoms with Crippen molar-refractivity contribution in [1.82, 2.24) is 0 Å². The second kappa shape index (κ2) is 13.2. The van der Waals surface area contributed by atoms with Crippen molar-refractivity contribution < 1.29 is 0 Å². The summed E-state index contributed by atoms with van der Waals surface area (Å²) in [5, 5.41) is 2.72. The van der Waals surface area contributed by atoms with Gasteiger partial charge in [0.2, 0.25) is 0 Å². The maximum Gasteiger partial charge on any atom is 0.333 e. The summed E-state index contributed by atoms with van der Waals surface area (Å²) in [5.74, 6) is 0. The van der Waals surface area contributed by atoms with E-state index in [9.17, 15) is 0 Å². The van der Waals surface area contributed by atoms with Crippen LogP contribution in [0.4, 0.5) is 28.4 Å². The predicted molar refractivity (Wildman–Crippen MR) is 274 cm³/mol. The van der Waals surface area contributed by atoms with Gasteiger partial charge in [0.05, 0.1) is 0 Å². The number of aryl methyl sites for hydroxylation is 1. The zero-order valence-corrected chi connectivity index (χ0v) is 39.2. The molecule has 0 bridgehead atoms. The van der Waals surface area contributed by atoms with Crippen molar-refractivity contribution in [2.45, 2.75) is 110 Å². The molecule has 2 aliphatic heterocycles. The fourth-order valence-corrected chi connectivity index (χ4v) is 13.3. The second-order valence-electron chi connectivity index (χ2n) is 21.9. The number of hydrogen-bond donors (Lipinski definition) is 0. The number of anilines is 5. The highest BCUT2D eigenvalue weighted by molar-refractivity contribution is 7.26. The van der Waals surface area contributed by atoms with Crippen LogP contribution in [0.15, 0.2) is 133 Å². The van der Waals surface area contributed by atoms with E-state index in [-0.39, 0.29) is 28.5 Å². The van der Waals surface area contributed by atoms with Crippen LogP contribution < -0.4 is 20.6 Å². The zero-order valence-electron chi connectivity index (χ0n) is 38.4. The van der Waals surface area contributed by atoms with E-state index in [2.05, 4.69) is 205 Å². The van der Waals surface area contributed by atoms with E-state index in [4.69, 9.17) is 0 Å². The van der Waals surface area contributed by atoms with E-state index in [1.807, 2.05) is 11.3 Å². The molecule has 7 aromatic carbocycles. The monoisotopic (exact) mass is 836 g/mol. The lowest BCUT2D eigenvalue weighted by Gasteiger charge is -2.47. The Labute approximate surface area is 378 Å². The van der Waals surface area contributed by atoms with Gasteiger partial charge in [-0.1, -0.05) is 134 Å². The van der Waals surface area contributed by atoms with Crippen molar-refractivity contribution in [2.75, 3.05) is 9.71 Å². The van der Waals surface area contributed by atoms with E-state index in [0.717, 1.165) is 0 Å². The van der Waals surface area contributed by atoms with Gasteiger partial charge in [0.25, 0.3) is 0 Å². The summed E-state index contributed by atoms with van der Waals surface area (Å²) in [6.45, 7) is 21.9. The van der Waals surface area contributed by atoms with E-state index >= 15 is 0 Å². The predicted octanol–water partition coefficient (Wildman–Crippen LogP) is 15.4. The molecule has 4 aliphatic rings. The molecule has 63 heavy (non-hydrogen) atoms. The maximum absolute atomic E-state index is 2.75. The van der Waals surface area contributed by atoms with Crippen LogP contribution >= 0.6 is 11.3 Å². The Morgan fingerprint density at radius 3 is 1.79 bits per heavy atom. The average Bonchev–Trinajstić information content (AvgIpc) is 3.66. The lowest BCUT2D eigenvalue weighted by atomic mass is 9.43. The van der Waals surface area contributed by atoms with Gasteiger partial charge in [0.1, 0.15) is 0 Å². The van der Waals surface area contributed by atoms with Gasteiger partial charge in [-0.2, -0.15) is 0 Å². The van der Waals surface area contributed by atoms with E-state index in [1.54, 1.807) is 0 Å². The lowest BCUT2D eigenvalue weighted by molar-refractivity contribution is 0.332. The Kier molecular flexibility index (Phi) is 8.21. The molecule has 4 heteroatoms. The first-order valence-electron chi connectivity index (χ1n) is 23.3. The van der Waals surface area contributed by atoms with Crippen LogP contribution in [-0.2, 0) is 21.7 Å². The van der Waals surface area contributed by atoms with Crippen molar-refractivity contribution in [3.63, 3.8) is 0 Å². The second-order valence-corrected chi connectivity index (χ2v) is 23.0. The van der Waals surface area contributed by atoms with Crippen molar-refractivity contribution in [2.24, 2.45) is 0 Å². The Morgan fingerprint density at radius 1 is 0.492 bits per heavy atom. The van der Waals surface area contributed by atoms with Crippen LogP contribution in [0.1, 0.15) is 109 Å². The molecule has 0 saturated heterocycles. The van der Waals surface area contributed by atoms with Crippen molar-refractivity contribution in [3.8, 4) is 22.3 Å². The topological polar surface area (TPSA) is 6.48 Å². The highest BCUT2D eigenvalue weighted by atomic mass is 32.1. The summed E-state index contributed by atoms with van der Waals surface area (Å²) in [6.07, 6.45) is 4.76. The SMILES string of the molecule is Cc1cc2c3c(c1)N(c1ccc4c(c1)C(C)(C)CCC4(C)C)c1ccc(-c4ccccc4)cc1B3N(c1ccc3c(c1)C(C)(C)CCC3(C)C)c1ccc3sc4ccccc4c3c1-2. The molecule has 0 saturated carbocycles. The first-order chi connectivity index (χ1) is 30.1. The minimum atomic E-state index is -0.0638. The van der Waals surface area contributed by atoms with Gasteiger partial charge in [0.15, 0.2) is 0 Å². The maximum atomic E-state index is 2.75. The third kappa shape index (κ3) is 5.69. The van der Waals surface area contributed by atoms with Gasteiger partial charge in [0, 0.05) is 54.2 Å². The molecule has 8 aromatic rings. The summed E-state index contributed by atoms with van der Waals surface area (Å²) in [5.41, 5.74) is 21.9. The summed E-state index contributed by atoms with van der Waals surface area (Å²) in [7, 11) is 0. The summed E-state index contributed by atoms with van der Waals surface area (Å²) < 4.78 is 2.68. The van der Waals surface area contributed by atoms with Crippen LogP contribution in [0.2, 0.25) is 0 Å². The van der Waals surface area contributed by atoms with Crippen molar-refractivity contribution in [3.05, 3.63) is 161 Å². The van der Waals surface area contributed by atoms with Gasteiger partial charge in [-0.15, -0.1) is 11.3 Å². The van der Waals surface area contributed by atoms with Gasteiger partial charge < -0.3 is 9.71 Å². The number of hydrogen-bond acceptors (Lipinski definition) is 3. The largest absolute Gasteiger partial charge is 0.376 e. The van der Waals surface area contributed by atoms with Gasteiger partial charge >= 0.3 is 6.85 Å². The Bertz CT molecular complexity index is 3220. The minimum absolute atomic E-state index is 0.0638. The van der Waals surface area contributed by atoms with Crippen LogP contribution in [0, 0.1) is 6.92 Å². The van der Waals surface area contributed by atoms with Crippen LogP contribution in [0.3, 0.4) is 0 Å². The van der Waals surface area contributed by atoms with Crippen molar-refractivity contribution in [1.29, 1.82) is 0 Å². The third-order valence-corrected chi connectivity index (χ3v) is 17.1. The third-order valence-electron chi connectivity index (χ3n) is 16.0. The van der Waals surface area contributed by atoms with Crippen LogP contribution in [0.25, 0.3) is 42.4 Å². The number of thiophene rings is 1. The molecule has 0 amide bonds. The molecular formula is C59H57BN2S. The molecule has 3 heterocycles. The Balaban J connectivity index is 1.21. The number of fused-ring (bicyclic) bond motifs is 10. The standard InChI is InChI=1S/C59H57BN2S/c1-36-31-42-53-49(25-26-52-54(53)41-17-13-14-18-51(41)63-52)62(40-21-23-44-46(35-40)59(8,9)30-28-57(44,4)5)60-47-33-38(37-15-11-10-12-16-37)19-24-48(47)61(50(32-36)55(42)60)39-20-22-43-45(34-39)58(6,7)29-27-56(43,2)3/h10-26,31-35H,27-30H2,1-9H3. The molecule has 2 nitrogen and oxygen atoms in total. The van der Waals surface area contributed by atoms with Gasteiger partial charge in [-0.25, -0.2) is 0 Å². The molecule has 12 rings (SSSR count). The molecule has 2 aliphatic carbocycles. The first-order valence-corrected chi connectivity index (χ1v) is 24.1. The summed E-state index contributed by atoms with van der Waals surface area (Å²) in [6, 6.07) is 52.2. The van der Waals surface area contributed by atoms with Gasteiger partial charge in [-0.05, 0) is 164 Å². The smallest absolute Gasteiger partial charge is 0.333 e. The number of rotatable bonds is 3.